The molecule has 0 saturated heterocycles. The largest absolute Gasteiger partial charge is 0.377 e. The van der Waals surface area contributed by atoms with Crippen molar-refractivity contribution in [2.45, 2.75) is 19.4 Å². The third-order valence-corrected chi connectivity index (χ3v) is 2.71. The van der Waals surface area contributed by atoms with Gasteiger partial charge in [-0.3, -0.25) is 0 Å². The second-order valence-electron chi connectivity index (χ2n) is 4.53. The van der Waals surface area contributed by atoms with Crippen LogP contribution >= 0.6 is 11.6 Å². The Labute approximate surface area is 89.9 Å². The zero-order chi connectivity index (χ0) is 10.3. The molecule has 0 atom stereocenters. The molecule has 1 heterocycles. The Morgan fingerprint density at radius 3 is 2.86 bits per heavy atom. The molecular formula is C11H15ClN2. The second-order valence-corrected chi connectivity index (χ2v) is 4.96. The van der Waals surface area contributed by atoms with Gasteiger partial charge in [0.25, 0.3) is 0 Å². The summed E-state index contributed by atoms with van der Waals surface area (Å²) in [6, 6.07) is 5.96. The quantitative estimate of drug-likeness (QED) is 0.708. The molecule has 1 aromatic rings. The molecule has 1 N–H and O–H groups in total. The van der Waals surface area contributed by atoms with Gasteiger partial charge in [-0.15, -0.1) is 0 Å². The van der Waals surface area contributed by atoms with Crippen molar-refractivity contribution in [3.8, 4) is 0 Å². The summed E-state index contributed by atoms with van der Waals surface area (Å²) in [5.41, 5.74) is 2.44. The summed E-state index contributed by atoms with van der Waals surface area (Å²) < 4.78 is 0. The van der Waals surface area contributed by atoms with Crippen molar-refractivity contribution in [1.82, 2.24) is 0 Å². The number of hydrogen-bond donors (Lipinski definition) is 1. The molecule has 0 aromatic heterocycles. The summed E-state index contributed by atoms with van der Waals surface area (Å²) in [4.78, 5) is 2.25. The summed E-state index contributed by atoms with van der Waals surface area (Å²) >= 11 is 5.96. The number of nitrogens with one attached hydrogen (secondary N) is 1. The van der Waals surface area contributed by atoms with Gasteiger partial charge in [0.15, 0.2) is 0 Å². The molecule has 3 heteroatoms. The van der Waals surface area contributed by atoms with Gasteiger partial charge in [0.2, 0.25) is 0 Å². The molecule has 1 aliphatic heterocycles. The van der Waals surface area contributed by atoms with E-state index in [1.54, 1.807) is 0 Å². The van der Waals surface area contributed by atoms with Crippen LogP contribution < -0.4 is 10.2 Å². The first-order valence-corrected chi connectivity index (χ1v) is 5.15. The molecule has 0 aliphatic carbocycles. The second kappa shape index (κ2) is 3.06. The van der Waals surface area contributed by atoms with Crippen molar-refractivity contribution in [1.29, 1.82) is 0 Å². The van der Waals surface area contributed by atoms with E-state index in [9.17, 15) is 0 Å². The highest BCUT2D eigenvalue weighted by atomic mass is 35.5. The van der Waals surface area contributed by atoms with Crippen LogP contribution in [0.4, 0.5) is 11.4 Å². The van der Waals surface area contributed by atoms with Crippen LogP contribution in [0.2, 0.25) is 5.02 Å². The molecule has 0 spiro atoms. The Morgan fingerprint density at radius 1 is 1.43 bits per heavy atom. The van der Waals surface area contributed by atoms with Gasteiger partial charge in [0.1, 0.15) is 0 Å². The van der Waals surface area contributed by atoms with E-state index in [0.29, 0.717) is 0 Å². The van der Waals surface area contributed by atoms with Crippen LogP contribution in [0.1, 0.15) is 13.8 Å². The molecular weight excluding hydrogens is 196 g/mol. The molecule has 0 amide bonds. The zero-order valence-electron chi connectivity index (χ0n) is 8.76. The van der Waals surface area contributed by atoms with Gasteiger partial charge in [-0.2, -0.15) is 0 Å². The third kappa shape index (κ3) is 1.67. The molecule has 76 valence electrons. The molecule has 14 heavy (non-hydrogen) atoms. The Balaban J connectivity index is 2.46. The van der Waals surface area contributed by atoms with E-state index >= 15 is 0 Å². The molecule has 0 unspecified atom stereocenters. The van der Waals surface area contributed by atoms with Gasteiger partial charge in [-0.25, -0.2) is 0 Å². The normalized spacial score (nSPS) is 18.7. The lowest BCUT2D eigenvalue weighted by molar-refractivity contribution is 0.550. The lowest BCUT2D eigenvalue weighted by Gasteiger charge is -2.40. The first-order chi connectivity index (χ1) is 6.48. The van der Waals surface area contributed by atoms with Crippen molar-refractivity contribution in [3.63, 3.8) is 0 Å². The minimum atomic E-state index is 0.104. The number of halogens is 1. The number of hydrogen-bond acceptors (Lipinski definition) is 2. The Bertz CT molecular complexity index is 360. The van der Waals surface area contributed by atoms with Crippen molar-refractivity contribution in [3.05, 3.63) is 23.2 Å². The topological polar surface area (TPSA) is 15.3 Å². The predicted octanol–water partition coefficient (Wildman–Crippen LogP) is 2.98. The van der Waals surface area contributed by atoms with Gasteiger partial charge in [0, 0.05) is 24.2 Å². The lowest BCUT2D eigenvalue weighted by Crippen LogP contribution is -2.46. The van der Waals surface area contributed by atoms with Crippen molar-refractivity contribution in [2.24, 2.45) is 0 Å². The number of likely N-dealkylation sites (N-methyl/N-ethyl adjacent to an activating group) is 1. The predicted molar refractivity (Wildman–Crippen MR) is 62.4 cm³/mol. The van der Waals surface area contributed by atoms with Gasteiger partial charge in [-0.05, 0) is 32.0 Å². The fourth-order valence-corrected chi connectivity index (χ4v) is 2.20. The first-order valence-electron chi connectivity index (χ1n) is 4.77. The molecule has 1 aliphatic rings. The van der Waals surface area contributed by atoms with Crippen LogP contribution in [-0.2, 0) is 0 Å². The number of rotatable bonds is 0. The Kier molecular flexibility index (Phi) is 2.11. The first kappa shape index (κ1) is 9.66. The third-order valence-electron chi connectivity index (χ3n) is 2.48. The highest BCUT2D eigenvalue weighted by Gasteiger charge is 2.27. The molecule has 0 radical (unpaired) electrons. The fraction of sp³-hybridized carbons (Fsp3) is 0.455. The number of nitrogens with zero attached hydrogens (tertiary/aromatic N) is 1. The van der Waals surface area contributed by atoms with E-state index in [2.05, 4.69) is 37.2 Å². The smallest absolute Gasteiger partial charge is 0.0601 e. The molecule has 0 fully saturated rings. The summed E-state index contributed by atoms with van der Waals surface area (Å²) in [6.45, 7) is 5.38. The van der Waals surface area contributed by atoms with Crippen LogP contribution in [0.3, 0.4) is 0 Å². The van der Waals surface area contributed by atoms with E-state index < -0.39 is 0 Å². The van der Waals surface area contributed by atoms with Crippen molar-refractivity contribution >= 4 is 23.0 Å². The monoisotopic (exact) mass is 210 g/mol. The van der Waals surface area contributed by atoms with Gasteiger partial charge < -0.3 is 10.2 Å². The van der Waals surface area contributed by atoms with Gasteiger partial charge >= 0.3 is 0 Å². The number of benzene rings is 1. The van der Waals surface area contributed by atoms with E-state index in [1.807, 2.05) is 12.1 Å². The van der Waals surface area contributed by atoms with Crippen LogP contribution in [0.5, 0.6) is 0 Å². The Morgan fingerprint density at radius 2 is 2.14 bits per heavy atom. The maximum absolute atomic E-state index is 5.96. The maximum Gasteiger partial charge on any atom is 0.0601 e. The average Bonchev–Trinajstić information content (AvgIpc) is 2.00. The van der Waals surface area contributed by atoms with Crippen LogP contribution in [0.15, 0.2) is 18.2 Å². The van der Waals surface area contributed by atoms with Crippen LogP contribution in [0.25, 0.3) is 0 Å². The molecule has 2 rings (SSSR count). The van der Waals surface area contributed by atoms with Gasteiger partial charge in [0.05, 0.1) is 11.4 Å². The summed E-state index contributed by atoms with van der Waals surface area (Å²) in [5.74, 6) is 0. The molecule has 2 nitrogen and oxygen atoms in total. The number of fused-ring (bicyclic) bond motifs is 1. The minimum Gasteiger partial charge on any atom is -0.377 e. The molecule has 1 aromatic carbocycles. The zero-order valence-corrected chi connectivity index (χ0v) is 9.52. The van der Waals surface area contributed by atoms with Crippen LogP contribution in [0, 0.1) is 0 Å². The average molecular weight is 211 g/mol. The fourth-order valence-electron chi connectivity index (χ4n) is 2.02. The van der Waals surface area contributed by atoms with E-state index in [0.717, 1.165) is 17.3 Å². The molecule has 0 bridgehead atoms. The van der Waals surface area contributed by atoms with Crippen molar-refractivity contribution in [2.75, 3.05) is 23.8 Å². The Hall–Kier alpha value is -0.890. The highest BCUT2D eigenvalue weighted by Crippen LogP contribution is 2.35. The highest BCUT2D eigenvalue weighted by molar-refractivity contribution is 6.31. The van der Waals surface area contributed by atoms with E-state index in [1.165, 1.54) is 5.69 Å². The SMILES string of the molecule is CN1CC(C)(C)Nc2cc(Cl)ccc21. The van der Waals surface area contributed by atoms with Crippen LogP contribution in [-0.4, -0.2) is 19.1 Å². The van der Waals surface area contributed by atoms with E-state index in [-0.39, 0.29) is 5.54 Å². The molecule has 0 saturated carbocycles. The standard InChI is InChI=1S/C11H15ClN2/c1-11(2)7-14(3)10-5-4-8(12)6-9(10)13-11/h4-6,13H,7H2,1-3H3. The van der Waals surface area contributed by atoms with Crippen molar-refractivity contribution < 1.29 is 0 Å². The maximum atomic E-state index is 5.96. The minimum absolute atomic E-state index is 0.104. The lowest BCUT2D eigenvalue weighted by atomic mass is 10.00. The van der Waals surface area contributed by atoms with Gasteiger partial charge in [-0.1, -0.05) is 11.6 Å². The summed E-state index contributed by atoms with van der Waals surface area (Å²) in [6.07, 6.45) is 0. The number of anilines is 2. The summed E-state index contributed by atoms with van der Waals surface area (Å²) in [7, 11) is 2.11. The summed E-state index contributed by atoms with van der Waals surface area (Å²) in [5, 5.41) is 4.26. The van der Waals surface area contributed by atoms with E-state index in [4.69, 9.17) is 11.6 Å².